The first-order valence-corrected chi connectivity index (χ1v) is 7.17. The van der Waals surface area contributed by atoms with Gasteiger partial charge in [0.2, 0.25) is 0 Å². The highest BCUT2D eigenvalue weighted by Gasteiger charge is 2.39. The predicted molar refractivity (Wildman–Crippen MR) is 74.1 cm³/mol. The van der Waals surface area contributed by atoms with Gasteiger partial charge in [0.1, 0.15) is 11.9 Å². The Labute approximate surface area is 114 Å². The summed E-state index contributed by atoms with van der Waals surface area (Å²) in [5, 5.41) is 0. The summed E-state index contributed by atoms with van der Waals surface area (Å²) in [5.74, 6) is 1.04. The second-order valence-electron chi connectivity index (χ2n) is 5.12. The van der Waals surface area contributed by atoms with Gasteiger partial charge in [-0.25, -0.2) is 4.79 Å². The average Bonchev–Trinajstić information content (AvgIpc) is 3.16. The van der Waals surface area contributed by atoms with E-state index in [9.17, 15) is 4.79 Å². The summed E-state index contributed by atoms with van der Waals surface area (Å²) in [4.78, 5) is 11.6. The molecule has 19 heavy (non-hydrogen) atoms. The van der Waals surface area contributed by atoms with Crippen LogP contribution in [0.5, 0.6) is 5.75 Å². The van der Waals surface area contributed by atoms with Crippen molar-refractivity contribution in [3.63, 3.8) is 0 Å². The lowest BCUT2D eigenvalue weighted by Gasteiger charge is -2.06. The fraction of sp³-hybridized carbons (Fsp3) is 0.562. The highest BCUT2D eigenvalue weighted by atomic mass is 16.6. The number of unbranched alkanes of at least 4 members (excludes halogenated alkanes) is 2. The molecule has 0 saturated heterocycles. The van der Waals surface area contributed by atoms with Crippen molar-refractivity contribution < 1.29 is 14.3 Å². The zero-order valence-corrected chi connectivity index (χ0v) is 11.5. The normalized spacial score (nSPS) is 20.9. The molecule has 1 aliphatic carbocycles. The minimum absolute atomic E-state index is 0.00218. The van der Waals surface area contributed by atoms with Crippen molar-refractivity contribution in [3.05, 3.63) is 30.3 Å². The molecule has 3 nitrogen and oxygen atoms in total. The molecule has 3 heteroatoms. The number of carbonyl (C=O) groups is 1. The zero-order chi connectivity index (χ0) is 13.5. The summed E-state index contributed by atoms with van der Waals surface area (Å²) in [6.45, 7) is 2.20. The fourth-order valence-electron chi connectivity index (χ4n) is 2.19. The molecule has 104 valence electrons. The van der Waals surface area contributed by atoms with Crippen LogP contribution in [0.2, 0.25) is 0 Å². The Morgan fingerprint density at radius 1 is 1.26 bits per heavy atom. The fourth-order valence-corrected chi connectivity index (χ4v) is 2.19. The van der Waals surface area contributed by atoms with E-state index in [1.807, 2.05) is 30.3 Å². The van der Waals surface area contributed by atoms with E-state index in [2.05, 4.69) is 6.92 Å². The van der Waals surface area contributed by atoms with Crippen LogP contribution in [0.25, 0.3) is 0 Å². The summed E-state index contributed by atoms with van der Waals surface area (Å²) in [7, 11) is 0. The van der Waals surface area contributed by atoms with Gasteiger partial charge in [0, 0.05) is 0 Å². The third kappa shape index (κ3) is 4.93. The molecule has 0 spiro atoms. The average molecular weight is 262 g/mol. The van der Waals surface area contributed by atoms with Crippen molar-refractivity contribution >= 4 is 5.97 Å². The molecule has 0 bridgehead atoms. The Hall–Kier alpha value is -1.51. The Bertz CT molecular complexity index is 388. The molecule has 1 aromatic rings. The number of ether oxygens (including phenoxy) is 2. The topological polar surface area (TPSA) is 35.5 Å². The lowest BCUT2D eigenvalue weighted by atomic mass is 10.1. The van der Waals surface area contributed by atoms with Gasteiger partial charge in [-0.15, -0.1) is 0 Å². The Morgan fingerprint density at radius 3 is 2.79 bits per heavy atom. The van der Waals surface area contributed by atoms with Crippen LogP contribution in [0.3, 0.4) is 0 Å². The van der Waals surface area contributed by atoms with Crippen molar-refractivity contribution in [2.24, 2.45) is 5.92 Å². The monoisotopic (exact) mass is 262 g/mol. The molecule has 1 aliphatic rings. The van der Waals surface area contributed by atoms with Gasteiger partial charge >= 0.3 is 5.97 Å². The van der Waals surface area contributed by atoms with Crippen molar-refractivity contribution in [2.75, 3.05) is 6.61 Å². The second kappa shape index (κ2) is 7.17. The van der Waals surface area contributed by atoms with E-state index in [1.54, 1.807) is 0 Å². The number of hydrogen-bond acceptors (Lipinski definition) is 3. The van der Waals surface area contributed by atoms with Gasteiger partial charge in [0.15, 0.2) is 6.61 Å². The van der Waals surface area contributed by atoms with Crippen LogP contribution < -0.4 is 4.74 Å². The van der Waals surface area contributed by atoms with Crippen molar-refractivity contribution in [1.82, 2.24) is 0 Å². The van der Waals surface area contributed by atoms with E-state index in [1.165, 1.54) is 25.7 Å². The Kier molecular flexibility index (Phi) is 5.25. The third-order valence-corrected chi connectivity index (χ3v) is 3.42. The number of carbonyl (C=O) groups excluding carboxylic acids is 1. The molecule has 2 unspecified atom stereocenters. The first-order chi connectivity index (χ1) is 9.29. The smallest absolute Gasteiger partial charge is 0.344 e. The summed E-state index contributed by atoms with van der Waals surface area (Å²) < 4.78 is 10.7. The number of rotatable bonds is 8. The van der Waals surface area contributed by atoms with E-state index in [-0.39, 0.29) is 18.7 Å². The molecule has 2 rings (SSSR count). The SMILES string of the molecule is CCCCCC1CC1OC(=O)COc1ccccc1. The lowest BCUT2D eigenvalue weighted by molar-refractivity contribution is -0.147. The van der Waals surface area contributed by atoms with Gasteiger partial charge in [0.25, 0.3) is 0 Å². The van der Waals surface area contributed by atoms with Crippen molar-refractivity contribution in [1.29, 1.82) is 0 Å². The standard InChI is InChI=1S/C16H22O3/c1-2-3-5-8-13-11-15(13)19-16(17)12-18-14-9-6-4-7-10-14/h4,6-7,9-10,13,15H,2-3,5,8,11-12H2,1H3. The maximum atomic E-state index is 11.6. The maximum absolute atomic E-state index is 11.6. The first-order valence-electron chi connectivity index (χ1n) is 7.17. The van der Waals surface area contributed by atoms with E-state index < -0.39 is 0 Å². The number of esters is 1. The lowest BCUT2D eigenvalue weighted by Crippen LogP contribution is -2.16. The largest absolute Gasteiger partial charge is 0.482 e. The van der Waals surface area contributed by atoms with Gasteiger partial charge < -0.3 is 9.47 Å². The first kappa shape index (κ1) is 13.9. The highest BCUT2D eigenvalue weighted by Crippen LogP contribution is 2.38. The van der Waals surface area contributed by atoms with Crippen LogP contribution in [-0.2, 0) is 9.53 Å². The molecular weight excluding hydrogens is 240 g/mol. The van der Waals surface area contributed by atoms with E-state index in [0.717, 1.165) is 6.42 Å². The molecule has 1 fully saturated rings. The van der Waals surface area contributed by atoms with Gasteiger partial charge in [-0.3, -0.25) is 0 Å². The summed E-state index contributed by atoms with van der Waals surface area (Å²) in [6, 6.07) is 9.34. The molecule has 0 aromatic heterocycles. The van der Waals surface area contributed by atoms with Gasteiger partial charge in [0.05, 0.1) is 0 Å². The molecule has 2 atom stereocenters. The molecule has 0 radical (unpaired) electrons. The van der Waals surface area contributed by atoms with Crippen LogP contribution in [-0.4, -0.2) is 18.7 Å². The molecule has 1 aromatic carbocycles. The van der Waals surface area contributed by atoms with Gasteiger partial charge in [-0.1, -0.05) is 44.4 Å². The van der Waals surface area contributed by atoms with Crippen LogP contribution in [0, 0.1) is 5.92 Å². The minimum Gasteiger partial charge on any atom is -0.482 e. The van der Waals surface area contributed by atoms with E-state index in [4.69, 9.17) is 9.47 Å². The Morgan fingerprint density at radius 2 is 2.05 bits per heavy atom. The highest BCUT2D eigenvalue weighted by molar-refractivity contribution is 5.71. The molecule has 0 heterocycles. The van der Waals surface area contributed by atoms with Crippen LogP contribution in [0.1, 0.15) is 39.0 Å². The predicted octanol–water partition coefficient (Wildman–Crippen LogP) is 3.58. The number of benzene rings is 1. The molecular formula is C16H22O3. The number of para-hydroxylation sites is 1. The van der Waals surface area contributed by atoms with Crippen LogP contribution >= 0.6 is 0 Å². The minimum atomic E-state index is -0.258. The number of hydrogen-bond donors (Lipinski definition) is 0. The Balaban J connectivity index is 1.58. The van der Waals surface area contributed by atoms with Gasteiger partial charge in [-0.2, -0.15) is 0 Å². The quantitative estimate of drug-likeness (QED) is 0.530. The summed E-state index contributed by atoms with van der Waals surface area (Å²) in [6.07, 6.45) is 6.11. The molecule has 0 N–H and O–H groups in total. The second-order valence-corrected chi connectivity index (χ2v) is 5.12. The van der Waals surface area contributed by atoms with E-state index >= 15 is 0 Å². The van der Waals surface area contributed by atoms with Crippen molar-refractivity contribution in [3.8, 4) is 5.75 Å². The summed E-state index contributed by atoms with van der Waals surface area (Å²) >= 11 is 0. The van der Waals surface area contributed by atoms with Gasteiger partial charge in [-0.05, 0) is 30.9 Å². The summed E-state index contributed by atoms with van der Waals surface area (Å²) in [5.41, 5.74) is 0. The van der Waals surface area contributed by atoms with Crippen molar-refractivity contribution in [2.45, 2.75) is 45.1 Å². The molecule has 0 aliphatic heterocycles. The zero-order valence-electron chi connectivity index (χ0n) is 11.5. The molecule has 1 saturated carbocycles. The van der Waals surface area contributed by atoms with Crippen LogP contribution in [0.4, 0.5) is 0 Å². The maximum Gasteiger partial charge on any atom is 0.344 e. The van der Waals surface area contributed by atoms with Crippen LogP contribution in [0.15, 0.2) is 30.3 Å². The van der Waals surface area contributed by atoms with E-state index in [0.29, 0.717) is 11.7 Å². The molecule has 0 amide bonds. The third-order valence-electron chi connectivity index (χ3n) is 3.42.